The van der Waals surface area contributed by atoms with Crippen LogP contribution in [0.25, 0.3) is 0 Å². The van der Waals surface area contributed by atoms with Crippen LogP contribution in [0.5, 0.6) is 0 Å². The molecule has 1 aliphatic rings. The van der Waals surface area contributed by atoms with Crippen LogP contribution in [0.15, 0.2) is 22.8 Å². The Morgan fingerprint density at radius 3 is 2.59 bits per heavy atom. The first-order valence-corrected chi connectivity index (χ1v) is 7.63. The first-order chi connectivity index (χ1) is 10.5. The molecule has 1 aliphatic carbocycles. The van der Waals surface area contributed by atoms with E-state index in [4.69, 9.17) is 14.3 Å². The fraction of sp³-hybridized carbons (Fsp3) is 0.625. The van der Waals surface area contributed by atoms with Gasteiger partial charge >= 0.3 is 5.97 Å². The van der Waals surface area contributed by atoms with Crippen molar-refractivity contribution in [2.75, 3.05) is 13.2 Å². The fourth-order valence-electron chi connectivity index (χ4n) is 2.49. The molecule has 1 aromatic heterocycles. The number of rotatable bonds is 8. The monoisotopic (exact) mass is 309 g/mol. The molecule has 1 aromatic rings. The number of hydrogen-bond acceptors (Lipinski definition) is 4. The van der Waals surface area contributed by atoms with E-state index in [2.05, 4.69) is 5.32 Å². The normalized spacial score (nSPS) is 22.1. The summed E-state index contributed by atoms with van der Waals surface area (Å²) in [7, 11) is 0. The van der Waals surface area contributed by atoms with Crippen LogP contribution in [0, 0.1) is 17.8 Å². The maximum Gasteiger partial charge on any atom is 0.307 e. The summed E-state index contributed by atoms with van der Waals surface area (Å²) in [5.41, 5.74) is 0. The summed E-state index contributed by atoms with van der Waals surface area (Å²) in [6.07, 6.45) is 2.71. The molecule has 0 aromatic carbocycles. The molecule has 0 spiro atoms. The first-order valence-electron chi connectivity index (χ1n) is 7.63. The summed E-state index contributed by atoms with van der Waals surface area (Å²) in [5, 5.41) is 11.9. The van der Waals surface area contributed by atoms with Gasteiger partial charge in [-0.1, -0.05) is 13.8 Å². The molecular weight excluding hydrogens is 286 g/mol. The SMILES string of the molecule is CC(C)COCC(NC(=O)C1CCC1C(=O)O)c1ccco1. The third-order valence-corrected chi connectivity index (χ3v) is 3.87. The number of carbonyl (C=O) groups excluding carboxylic acids is 1. The Morgan fingerprint density at radius 1 is 1.36 bits per heavy atom. The molecule has 0 saturated heterocycles. The van der Waals surface area contributed by atoms with Crippen molar-refractivity contribution in [2.24, 2.45) is 17.8 Å². The van der Waals surface area contributed by atoms with E-state index in [1.165, 1.54) is 0 Å². The average molecular weight is 309 g/mol. The van der Waals surface area contributed by atoms with E-state index in [1.54, 1.807) is 18.4 Å². The van der Waals surface area contributed by atoms with Crippen LogP contribution in [0.1, 0.15) is 38.5 Å². The first kappa shape index (κ1) is 16.5. The number of carboxylic acids is 1. The predicted molar refractivity (Wildman–Crippen MR) is 79.1 cm³/mol. The van der Waals surface area contributed by atoms with Gasteiger partial charge in [0.15, 0.2) is 0 Å². The minimum Gasteiger partial charge on any atom is -0.481 e. The van der Waals surface area contributed by atoms with Gasteiger partial charge in [-0.05, 0) is 30.9 Å². The van der Waals surface area contributed by atoms with Gasteiger partial charge in [-0.25, -0.2) is 0 Å². The lowest BCUT2D eigenvalue weighted by Gasteiger charge is -2.33. The van der Waals surface area contributed by atoms with E-state index in [0.717, 1.165) is 0 Å². The molecule has 1 amide bonds. The number of furan rings is 1. The number of carboxylic acid groups (broad SMARTS) is 1. The van der Waals surface area contributed by atoms with Crippen LogP contribution in [0.3, 0.4) is 0 Å². The van der Waals surface area contributed by atoms with Gasteiger partial charge in [0.1, 0.15) is 11.8 Å². The molecule has 2 rings (SSSR count). The summed E-state index contributed by atoms with van der Waals surface area (Å²) in [6.45, 7) is 4.99. The molecule has 0 radical (unpaired) electrons. The smallest absolute Gasteiger partial charge is 0.307 e. The van der Waals surface area contributed by atoms with E-state index in [-0.39, 0.29) is 5.91 Å². The second-order valence-electron chi connectivity index (χ2n) is 6.14. The zero-order valence-corrected chi connectivity index (χ0v) is 13.0. The Hall–Kier alpha value is -1.82. The molecule has 0 aliphatic heterocycles. The van der Waals surface area contributed by atoms with Gasteiger partial charge in [0.05, 0.1) is 24.7 Å². The lowest BCUT2D eigenvalue weighted by molar-refractivity contribution is -0.153. The van der Waals surface area contributed by atoms with E-state index < -0.39 is 23.8 Å². The van der Waals surface area contributed by atoms with Crippen molar-refractivity contribution in [1.82, 2.24) is 5.32 Å². The summed E-state index contributed by atoms with van der Waals surface area (Å²) >= 11 is 0. The van der Waals surface area contributed by atoms with Gasteiger partial charge < -0.3 is 19.6 Å². The third-order valence-electron chi connectivity index (χ3n) is 3.87. The minimum absolute atomic E-state index is 0.242. The number of ether oxygens (including phenoxy) is 1. The maximum absolute atomic E-state index is 12.3. The van der Waals surface area contributed by atoms with E-state index in [1.807, 2.05) is 13.8 Å². The molecule has 2 N–H and O–H groups in total. The highest BCUT2D eigenvalue weighted by atomic mass is 16.5. The van der Waals surface area contributed by atoms with Crippen molar-refractivity contribution < 1.29 is 23.8 Å². The molecule has 1 fully saturated rings. The topological polar surface area (TPSA) is 88.8 Å². The van der Waals surface area contributed by atoms with Crippen LogP contribution >= 0.6 is 0 Å². The molecule has 0 bridgehead atoms. The molecule has 22 heavy (non-hydrogen) atoms. The highest BCUT2D eigenvalue weighted by Crippen LogP contribution is 2.35. The molecular formula is C16H23NO5. The summed E-state index contributed by atoms with van der Waals surface area (Å²) in [5.74, 6) is -1.17. The van der Waals surface area contributed by atoms with Crippen molar-refractivity contribution in [1.29, 1.82) is 0 Å². The molecule has 6 nitrogen and oxygen atoms in total. The predicted octanol–water partition coefficient (Wildman–Crippen LogP) is 2.22. The van der Waals surface area contributed by atoms with Crippen molar-refractivity contribution in [2.45, 2.75) is 32.7 Å². The average Bonchev–Trinajstić information content (AvgIpc) is 2.88. The molecule has 3 atom stereocenters. The van der Waals surface area contributed by atoms with Gasteiger partial charge in [0.2, 0.25) is 5.91 Å². The quantitative estimate of drug-likeness (QED) is 0.768. The van der Waals surface area contributed by atoms with Crippen LogP contribution in [-0.4, -0.2) is 30.2 Å². The number of amides is 1. The highest BCUT2D eigenvalue weighted by molar-refractivity contribution is 5.86. The Labute approximate surface area is 129 Å². The lowest BCUT2D eigenvalue weighted by Crippen LogP contribution is -2.45. The standard InChI is InChI=1S/C16H23NO5/c1-10(2)8-21-9-13(14-4-3-7-22-14)17-15(18)11-5-6-12(11)16(19)20/h3-4,7,10-13H,5-6,8-9H2,1-2H3,(H,17,18)(H,19,20). The highest BCUT2D eigenvalue weighted by Gasteiger charge is 2.42. The summed E-state index contributed by atoms with van der Waals surface area (Å²) < 4.78 is 10.9. The Kier molecular flexibility index (Phi) is 5.60. The lowest BCUT2D eigenvalue weighted by atomic mass is 9.73. The minimum atomic E-state index is -0.906. The van der Waals surface area contributed by atoms with Crippen LogP contribution < -0.4 is 5.32 Å². The molecule has 1 heterocycles. The number of carbonyl (C=O) groups is 2. The molecule has 1 saturated carbocycles. The van der Waals surface area contributed by atoms with Crippen molar-refractivity contribution in [3.05, 3.63) is 24.2 Å². The van der Waals surface area contributed by atoms with Gasteiger partial charge in [-0.2, -0.15) is 0 Å². The van der Waals surface area contributed by atoms with Crippen LogP contribution in [0.4, 0.5) is 0 Å². The van der Waals surface area contributed by atoms with Crippen molar-refractivity contribution in [3.8, 4) is 0 Å². The largest absolute Gasteiger partial charge is 0.481 e. The number of aliphatic carboxylic acids is 1. The second-order valence-corrected chi connectivity index (χ2v) is 6.14. The maximum atomic E-state index is 12.3. The number of nitrogens with one attached hydrogen (secondary N) is 1. The van der Waals surface area contributed by atoms with E-state index in [0.29, 0.717) is 37.7 Å². The van der Waals surface area contributed by atoms with Crippen LogP contribution in [0.2, 0.25) is 0 Å². The Balaban J connectivity index is 1.94. The molecule has 122 valence electrons. The summed E-state index contributed by atoms with van der Waals surface area (Å²) in [6, 6.07) is 3.13. The van der Waals surface area contributed by atoms with Crippen molar-refractivity contribution in [3.63, 3.8) is 0 Å². The zero-order valence-electron chi connectivity index (χ0n) is 13.0. The van der Waals surface area contributed by atoms with E-state index in [9.17, 15) is 9.59 Å². The van der Waals surface area contributed by atoms with E-state index >= 15 is 0 Å². The van der Waals surface area contributed by atoms with Crippen LogP contribution in [-0.2, 0) is 14.3 Å². The van der Waals surface area contributed by atoms with Gasteiger partial charge in [0, 0.05) is 6.61 Å². The Bertz CT molecular complexity index is 497. The van der Waals surface area contributed by atoms with Gasteiger partial charge in [0.25, 0.3) is 0 Å². The fourth-order valence-corrected chi connectivity index (χ4v) is 2.49. The molecule has 6 heteroatoms. The summed E-state index contributed by atoms with van der Waals surface area (Å²) in [4.78, 5) is 23.3. The second kappa shape index (κ2) is 7.45. The zero-order chi connectivity index (χ0) is 16.1. The third kappa shape index (κ3) is 4.10. The Morgan fingerprint density at radius 2 is 2.09 bits per heavy atom. The van der Waals surface area contributed by atoms with Gasteiger partial charge in [-0.15, -0.1) is 0 Å². The van der Waals surface area contributed by atoms with Gasteiger partial charge in [-0.3, -0.25) is 9.59 Å². The van der Waals surface area contributed by atoms with Crippen molar-refractivity contribution >= 4 is 11.9 Å². The number of hydrogen-bond donors (Lipinski definition) is 2. The molecule has 3 unspecified atom stereocenters.